The number of hydrogen-bond acceptors (Lipinski definition) is 4. The summed E-state index contributed by atoms with van der Waals surface area (Å²) in [6.07, 6.45) is 0.527. The summed E-state index contributed by atoms with van der Waals surface area (Å²) < 4.78 is 21.6. The monoisotopic (exact) mass is 285 g/mol. The van der Waals surface area contributed by atoms with Gasteiger partial charge in [0.15, 0.2) is 0 Å². The maximum atomic E-state index is 10.8. The molecule has 0 aliphatic carbocycles. The van der Waals surface area contributed by atoms with E-state index in [0.29, 0.717) is 13.0 Å². The van der Waals surface area contributed by atoms with Crippen molar-refractivity contribution in [2.75, 3.05) is 31.3 Å². The Morgan fingerprint density at radius 2 is 1.84 bits per heavy atom. The summed E-state index contributed by atoms with van der Waals surface area (Å²) in [5.74, 6) is 0.0201. The zero-order valence-electron chi connectivity index (χ0n) is 11.8. The van der Waals surface area contributed by atoms with Crippen LogP contribution in [0, 0.1) is 0 Å². The Morgan fingerprint density at radius 3 is 2.32 bits per heavy atom. The highest BCUT2D eigenvalue weighted by Gasteiger charge is 2.06. The molecule has 6 heteroatoms. The average Bonchev–Trinajstić information content (AvgIpc) is 2.33. The molecule has 19 heavy (non-hydrogen) atoms. The molecular formula is C13H23N3O2S. The van der Waals surface area contributed by atoms with Gasteiger partial charge in [-0.2, -0.15) is 0 Å². The van der Waals surface area contributed by atoms with Gasteiger partial charge in [0.05, 0.1) is 5.75 Å². The molecule has 0 aromatic heterocycles. The Bertz CT molecular complexity index is 483. The Hall–Kier alpha value is -1.11. The second-order valence-corrected chi connectivity index (χ2v) is 6.62. The van der Waals surface area contributed by atoms with Crippen molar-refractivity contribution in [2.45, 2.75) is 19.4 Å². The molecule has 1 unspecified atom stereocenters. The number of benzene rings is 1. The lowest BCUT2D eigenvalue weighted by Crippen LogP contribution is -2.24. The van der Waals surface area contributed by atoms with Crippen molar-refractivity contribution in [3.05, 3.63) is 29.8 Å². The Morgan fingerprint density at radius 1 is 1.26 bits per heavy atom. The molecule has 0 saturated carbocycles. The average molecular weight is 285 g/mol. The number of nitrogens with one attached hydrogen (secondary N) is 1. The van der Waals surface area contributed by atoms with Crippen LogP contribution >= 0.6 is 0 Å². The minimum atomic E-state index is -3.35. The van der Waals surface area contributed by atoms with Crippen LogP contribution in [0.5, 0.6) is 0 Å². The SMILES string of the molecule is CC(NCCCS(N)(=O)=O)c1ccc(N(C)C)cc1. The molecule has 0 heterocycles. The van der Waals surface area contributed by atoms with E-state index in [1.807, 2.05) is 19.0 Å². The summed E-state index contributed by atoms with van der Waals surface area (Å²) in [7, 11) is 0.660. The molecule has 0 saturated heterocycles. The minimum absolute atomic E-state index is 0.0201. The van der Waals surface area contributed by atoms with E-state index in [-0.39, 0.29) is 11.8 Å². The molecule has 0 aliphatic rings. The third kappa shape index (κ3) is 6.04. The van der Waals surface area contributed by atoms with Gasteiger partial charge in [0.1, 0.15) is 0 Å². The molecule has 1 aromatic carbocycles. The lowest BCUT2D eigenvalue weighted by atomic mass is 10.1. The summed E-state index contributed by atoms with van der Waals surface area (Å²) in [6.45, 7) is 2.69. The third-order valence-electron chi connectivity index (χ3n) is 2.97. The quantitative estimate of drug-likeness (QED) is 0.735. The van der Waals surface area contributed by atoms with Gasteiger partial charge < -0.3 is 10.2 Å². The Balaban J connectivity index is 2.43. The van der Waals surface area contributed by atoms with Crippen LogP contribution in [0.3, 0.4) is 0 Å². The number of hydrogen-bond donors (Lipinski definition) is 2. The molecule has 3 N–H and O–H groups in total. The molecular weight excluding hydrogens is 262 g/mol. The normalized spacial score (nSPS) is 13.3. The van der Waals surface area contributed by atoms with Crippen LogP contribution in [0.1, 0.15) is 24.9 Å². The van der Waals surface area contributed by atoms with Gasteiger partial charge in [0.25, 0.3) is 0 Å². The van der Waals surface area contributed by atoms with Crippen molar-refractivity contribution < 1.29 is 8.42 Å². The molecule has 1 rings (SSSR count). The highest BCUT2D eigenvalue weighted by molar-refractivity contribution is 7.89. The second-order valence-electron chi connectivity index (χ2n) is 4.88. The van der Waals surface area contributed by atoms with E-state index in [4.69, 9.17) is 5.14 Å². The zero-order valence-corrected chi connectivity index (χ0v) is 12.6. The van der Waals surface area contributed by atoms with Gasteiger partial charge in [-0.3, -0.25) is 0 Å². The van der Waals surface area contributed by atoms with Gasteiger partial charge in [0, 0.05) is 25.8 Å². The van der Waals surface area contributed by atoms with Crippen LogP contribution in [0.15, 0.2) is 24.3 Å². The van der Waals surface area contributed by atoms with E-state index < -0.39 is 10.0 Å². The molecule has 1 aromatic rings. The van der Waals surface area contributed by atoms with E-state index in [0.717, 1.165) is 5.69 Å². The fourth-order valence-corrected chi connectivity index (χ4v) is 2.32. The molecule has 0 fully saturated rings. The van der Waals surface area contributed by atoms with Crippen LogP contribution in [0.4, 0.5) is 5.69 Å². The van der Waals surface area contributed by atoms with Crippen molar-refractivity contribution in [1.29, 1.82) is 0 Å². The molecule has 0 radical (unpaired) electrons. The van der Waals surface area contributed by atoms with Crippen LogP contribution in [-0.2, 0) is 10.0 Å². The van der Waals surface area contributed by atoms with Crippen molar-refractivity contribution in [3.63, 3.8) is 0 Å². The zero-order chi connectivity index (χ0) is 14.5. The fraction of sp³-hybridized carbons (Fsp3) is 0.538. The maximum absolute atomic E-state index is 10.8. The van der Waals surface area contributed by atoms with Crippen LogP contribution in [-0.4, -0.2) is 34.8 Å². The van der Waals surface area contributed by atoms with Crippen molar-refractivity contribution in [1.82, 2.24) is 5.32 Å². The summed E-state index contributed by atoms with van der Waals surface area (Å²) >= 11 is 0. The van der Waals surface area contributed by atoms with Crippen LogP contribution < -0.4 is 15.4 Å². The predicted molar refractivity (Wildman–Crippen MR) is 79.8 cm³/mol. The van der Waals surface area contributed by atoms with E-state index in [1.54, 1.807) is 0 Å². The van der Waals surface area contributed by atoms with E-state index in [9.17, 15) is 8.42 Å². The van der Waals surface area contributed by atoms with Crippen molar-refractivity contribution in [3.8, 4) is 0 Å². The first-order chi connectivity index (χ1) is 8.79. The molecule has 0 amide bonds. The lowest BCUT2D eigenvalue weighted by molar-refractivity contribution is 0.561. The molecule has 1 atom stereocenters. The van der Waals surface area contributed by atoms with E-state index in [1.165, 1.54) is 5.56 Å². The van der Waals surface area contributed by atoms with E-state index >= 15 is 0 Å². The first-order valence-electron chi connectivity index (χ1n) is 6.31. The predicted octanol–water partition coefficient (Wildman–Crippen LogP) is 1.08. The number of nitrogens with zero attached hydrogens (tertiary/aromatic N) is 1. The Labute approximate surface area is 115 Å². The topological polar surface area (TPSA) is 75.4 Å². The van der Waals surface area contributed by atoms with Crippen LogP contribution in [0.2, 0.25) is 0 Å². The molecule has 108 valence electrons. The highest BCUT2D eigenvalue weighted by atomic mass is 32.2. The minimum Gasteiger partial charge on any atom is -0.378 e. The molecule has 0 aliphatic heterocycles. The summed E-state index contributed by atoms with van der Waals surface area (Å²) in [4.78, 5) is 2.05. The summed E-state index contributed by atoms with van der Waals surface area (Å²) in [5, 5.41) is 8.23. The number of primary sulfonamides is 1. The molecule has 5 nitrogen and oxygen atoms in total. The van der Waals surface area contributed by atoms with Crippen molar-refractivity contribution in [2.24, 2.45) is 5.14 Å². The first kappa shape index (κ1) is 15.9. The second kappa shape index (κ2) is 6.88. The van der Waals surface area contributed by atoms with Gasteiger partial charge in [-0.25, -0.2) is 13.6 Å². The van der Waals surface area contributed by atoms with Gasteiger partial charge in [-0.1, -0.05) is 12.1 Å². The standard InChI is InChI=1S/C13H23N3O2S/c1-11(15-9-4-10-19(14,17)18)12-5-7-13(8-6-12)16(2)3/h5-8,11,15H,4,9-10H2,1-3H3,(H2,14,17,18). The van der Waals surface area contributed by atoms with Crippen molar-refractivity contribution >= 4 is 15.7 Å². The number of sulfonamides is 1. The van der Waals surface area contributed by atoms with Gasteiger partial charge in [0.2, 0.25) is 10.0 Å². The lowest BCUT2D eigenvalue weighted by Gasteiger charge is -2.17. The number of nitrogens with two attached hydrogens (primary N) is 1. The third-order valence-corrected chi connectivity index (χ3v) is 3.82. The number of rotatable bonds is 7. The molecule has 0 spiro atoms. The first-order valence-corrected chi connectivity index (χ1v) is 8.02. The summed E-state index contributed by atoms with van der Waals surface area (Å²) in [6, 6.07) is 8.48. The fourth-order valence-electron chi connectivity index (χ4n) is 1.77. The highest BCUT2D eigenvalue weighted by Crippen LogP contribution is 2.17. The largest absolute Gasteiger partial charge is 0.378 e. The summed E-state index contributed by atoms with van der Waals surface area (Å²) in [5.41, 5.74) is 2.34. The maximum Gasteiger partial charge on any atom is 0.209 e. The van der Waals surface area contributed by atoms with Crippen LogP contribution in [0.25, 0.3) is 0 Å². The smallest absolute Gasteiger partial charge is 0.209 e. The van der Waals surface area contributed by atoms with E-state index in [2.05, 4.69) is 36.5 Å². The van der Waals surface area contributed by atoms with Gasteiger partial charge >= 0.3 is 0 Å². The molecule has 0 bridgehead atoms. The van der Waals surface area contributed by atoms with Gasteiger partial charge in [-0.15, -0.1) is 0 Å². The number of anilines is 1. The Kier molecular flexibility index (Phi) is 5.78. The van der Waals surface area contributed by atoms with Gasteiger partial charge in [-0.05, 0) is 37.6 Å².